The normalized spacial score (nSPS) is 11.6. The third-order valence-corrected chi connectivity index (χ3v) is 3.52. The lowest BCUT2D eigenvalue weighted by atomic mass is 10.1. The highest BCUT2D eigenvalue weighted by atomic mass is 19.1. The first-order valence-electron chi connectivity index (χ1n) is 7.47. The van der Waals surface area contributed by atoms with E-state index in [4.69, 9.17) is 9.78 Å². The second kappa shape index (κ2) is 6.93. The molecule has 0 aliphatic carbocycles. The van der Waals surface area contributed by atoms with Crippen molar-refractivity contribution in [1.29, 1.82) is 5.26 Å². The zero-order valence-corrected chi connectivity index (χ0v) is 13.2. The maximum atomic E-state index is 13.0. The van der Waals surface area contributed by atoms with Crippen LogP contribution in [0.4, 0.5) is 4.39 Å². The van der Waals surface area contributed by atoms with Crippen molar-refractivity contribution in [3.8, 4) is 17.5 Å². The minimum Gasteiger partial charge on any atom is -0.341 e. The minimum absolute atomic E-state index is 0.226. The summed E-state index contributed by atoms with van der Waals surface area (Å²) in [6, 6.07) is 13.5. The van der Waals surface area contributed by atoms with Crippen molar-refractivity contribution in [3.05, 3.63) is 71.4 Å². The Bertz CT molecular complexity index is 944. The Morgan fingerprint density at radius 1 is 1.28 bits per heavy atom. The summed E-state index contributed by atoms with van der Waals surface area (Å²) in [5.74, 6) is -0.175. The van der Waals surface area contributed by atoms with Crippen LogP contribution in [0.1, 0.15) is 34.8 Å². The van der Waals surface area contributed by atoms with Crippen molar-refractivity contribution < 1.29 is 13.7 Å². The highest BCUT2D eigenvalue weighted by molar-refractivity contribution is 5.94. The number of hydrogen-bond donors (Lipinski definition) is 1. The summed E-state index contributed by atoms with van der Waals surface area (Å²) in [6.45, 7) is 1.70. The van der Waals surface area contributed by atoms with Gasteiger partial charge in [-0.2, -0.15) is 10.2 Å². The molecule has 7 heteroatoms. The van der Waals surface area contributed by atoms with Crippen LogP contribution in [0, 0.1) is 17.1 Å². The molecule has 6 nitrogen and oxygen atoms in total. The molecule has 3 rings (SSSR count). The molecule has 0 saturated carbocycles. The van der Waals surface area contributed by atoms with Gasteiger partial charge in [0.05, 0.1) is 11.6 Å². The molecule has 1 atom stereocenters. The summed E-state index contributed by atoms with van der Waals surface area (Å²) in [5, 5.41) is 15.5. The lowest BCUT2D eigenvalue weighted by Crippen LogP contribution is -2.26. The van der Waals surface area contributed by atoms with Crippen LogP contribution in [-0.2, 0) is 0 Å². The summed E-state index contributed by atoms with van der Waals surface area (Å²) in [7, 11) is 0. The number of rotatable bonds is 4. The first-order chi connectivity index (χ1) is 12.1. The molecule has 0 fully saturated rings. The monoisotopic (exact) mass is 336 g/mol. The highest BCUT2D eigenvalue weighted by Crippen LogP contribution is 2.19. The molecule has 1 N–H and O–H groups in total. The number of nitrogens with one attached hydrogen (secondary N) is 1. The highest BCUT2D eigenvalue weighted by Gasteiger charge is 2.18. The predicted octanol–water partition coefficient (Wildman–Crippen LogP) is 3.24. The van der Waals surface area contributed by atoms with E-state index in [-0.39, 0.29) is 17.6 Å². The maximum absolute atomic E-state index is 13.0. The molecule has 0 aliphatic heterocycles. The molecule has 0 radical (unpaired) electrons. The third-order valence-electron chi connectivity index (χ3n) is 3.52. The number of nitrogens with zero attached hydrogens (tertiary/aromatic N) is 3. The molecule has 25 heavy (non-hydrogen) atoms. The second-order valence-electron chi connectivity index (χ2n) is 5.35. The average molecular weight is 336 g/mol. The topological polar surface area (TPSA) is 91.8 Å². The fraction of sp³-hybridized carbons (Fsp3) is 0.111. The summed E-state index contributed by atoms with van der Waals surface area (Å²) in [5.41, 5.74) is 1.37. The van der Waals surface area contributed by atoms with Crippen LogP contribution in [0.15, 0.2) is 53.1 Å². The van der Waals surface area contributed by atoms with Gasteiger partial charge in [-0.15, -0.1) is 0 Å². The number of nitriles is 1. The molecule has 0 saturated heterocycles. The standard InChI is InChI=1S/C18H13FN4O2/c1-11(21-17(24)14-4-2-3-12(9-14)10-20)18-22-16(23-25-18)13-5-7-15(19)8-6-13/h2-9,11H,1H3,(H,21,24). The molecule has 1 unspecified atom stereocenters. The minimum atomic E-state index is -0.528. The van der Waals surface area contributed by atoms with Gasteiger partial charge in [-0.05, 0) is 49.4 Å². The molecular formula is C18H13FN4O2. The van der Waals surface area contributed by atoms with Crippen LogP contribution < -0.4 is 5.32 Å². The van der Waals surface area contributed by atoms with Crippen molar-refractivity contribution in [2.75, 3.05) is 0 Å². The van der Waals surface area contributed by atoms with Crippen LogP contribution in [-0.4, -0.2) is 16.0 Å². The summed E-state index contributed by atoms with van der Waals surface area (Å²) in [6.07, 6.45) is 0. The smallest absolute Gasteiger partial charge is 0.251 e. The van der Waals surface area contributed by atoms with Gasteiger partial charge in [0.2, 0.25) is 11.7 Å². The Balaban J connectivity index is 1.73. The van der Waals surface area contributed by atoms with Crippen molar-refractivity contribution in [1.82, 2.24) is 15.5 Å². The fourth-order valence-corrected chi connectivity index (χ4v) is 2.20. The van der Waals surface area contributed by atoms with Gasteiger partial charge in [0, 0.05) is 11.1 Å². The molecule has 1 amide bonds. The number of aromatic nitrogens is 2. The van der Waals surface area contributed by atoms with Crippen LogP contribution in [0.2, 0.25) is 0 Å². The van der Waals surface area contributed by atoms with Gasteiger partial charge >= 0.3 is 0 Å². The van der Waals surface area contributed by atoms with E-state index in [0.29, 0.717) is 22.5 Å². The Labute approximate surface area is 142 Å². The van der Waals surface area contributed by atoms with Crippen LogP contribution >= 0.6 is 0 Å². The Morgan fingerprint density at radius 3 is 2.76 bits per heavy atom. The second-order valence-corrected chi connectivity index (χ2v) is 5.35. The van der Waals surface area contributed by atoms with Gasteiger partial charge in [0.15, 0.2) is 0 Å². The molecular weight excluding hydrogens is 323 g/mol. The number of carbonyl (C=O) groups excluding carboxylic acids is 1. The van der Waals surface area contributed by atoms with E-state index < -0.39 is 6.04 Å². The number of halogens is 1. The van der Waals surface area contributed by atoms with E-state index in [1.807, 2.05) is 6.07 Å². The molecule has 0 spiro atoms. The Kier molecular flexibility index (Phi) is 4.53. The van der Waals surface area contributed by atoms with Gasteiger partial charge in [0.25, 0.3) is 5.91 Å². The lowest BCUT2D eigenvalue weighted by Gasteiger charge is -2.09. The Morgan fingerprint density at radius 2 is 2.04 bits per heavy atom. The molecule has 124 valence electrons. The van der Waals surface area contributed by atoms with E-state index in [1.165, 1.54) is 18.2 Å². The van der Waals surface area contributed by atoms with Crippen LogP contribution in [0.5, 0.6) is 0 Å². The number of benzene rings is 2. The van der Waals surface area contributed by atoms with E-state index in [9.17, 15) is 9.18 Å². The van der Waals surface area contributed by atoms with E-state index in [1.54, 1.807) is 37.3 Å². The predicted molar refractivity (Wildman–Crippen MR) is 86.7 cm³/mol. The molecule has 0 bridgehead atoms. The molecule has 1 heterocycles. The zero-order valence-electron chi connectivity index (χ0n) is 13.2. The third kappa shape index (κ3) is 3.70. The van der Waals surface area contributed by atoms with Crippen LogP contribution in [0.3, 0.4) is 0 Å². The first kappa shape index (κ1) is 16.3. The quantitative estimate of drug-likeness (QED) is 0.789. The van der Waals surface area contributed by atoms with Gasteiger partial charge < -0.3 is 9.84 Å². The molecule has 1 aromatic heterocycles. The lowest BCUT2D eigenvalue weighted by molar-refractivity contribution is 0.0932. The van der Waals surface area contributed by atoms with Gasteiger partial charge in [0.1, 0.15) is 11.9 Å². The Hall–Kier alpha value is -3.53. The van der Waals surface area contributed by atoms with Crippen molar-refractivity contribution in [2.45, 2.75) is 13.0 Å². The first-order valence-corrected chi connectivity index (χ1v) is 7.47. The van der Waals surface area contributed by atoms with Crippen molar-refractivity contribution >= 4 is 5.91 Å². The summed E-state index contributed by atoms with van der Waals surface area (Å²) < 4.78 is 18.1. The van der Waals surface area contributed by atoms with E-state index in [2.05, 4.69) is 15.5 Å². The zero-order chi connectivity index (χ0) is 17.8. The fourth-order valence-electron chi connectivity index (χ4n) is 2.20. The van der Waals surface area contributed by atoms with Crippen molar-refractivity contribution in [3.63, 3.8) is 0 Å². The maximum Gasteiger partial charge on any atom is 0.251 e. The number of amides is 1. The summed E-state index contributed by atoms with van der Waals surface area (Å²) in [4.78, 5) is 16.5. The largest absolute Gasteiger partial charge is 0.341 e. The van der Waals surface area contributed by atoms with E-state index >= 15 is 0 Å². The molecule has 3 aromatic rings. The number of carbonyl (C=O) groups is 1. The molecule has 2 aromatic carbocycles. The van der Waals surface area contributed by atoms with Gasteiger partial charge in [-0.1, -0.05) is 11.2 Å². The molecule has 0 aliphatic rings. The van der Waals surface area contributed by atoms with Crippen molar-refractivity contribution in [2.24, 2.45) is 0 Å². The van der Waals surface area contributed by atoms with E-state index in [0.717, 1.165) is 0 Å². The SMILES string of the molecule is CC(NC(=O)c1cccc(C#N)c1)c1nc(-c2ccc(F)cc2)no1. The summed E-state index contributed by atoms with van der Waals surface area (Å²) >= 11 is 0. The average Bonchev–Trinajstić information content (AvgIpc) is 3.12. The van der Waals surface area contributed by atoms with Gasteiger partial charge in [-0.3, -0.25) is 4.79 Å². The van der Waals surface area contributed by atoms with Gasteiger partial charge in [-0.25, -0.2) is 4.39 Å². The van der Waals surface area contributed by atoms with Crippen LogP contribution in [0.25, 0.3) is 11.4 Å². The number of hydrogen-bond acceptors (Lipinski definition) is 5.